The molecular weight excluding hydrogens is 203 g/mol. The van der Waals surface area contributed by atoms with E-state index in [0.29, 0.717) is 6.42 Å². The predicted octanol–water partition coefficient (Wildman–Crippen LogP) is 2.07. The van der Waals surface area contributed by atoms with Gasteiger partial charge in [0.05, 0.1) is 6.42 Å². The fraction of sp³-hybridized carbons (Fsp3) is 0.222. The van der Waals surface area contributed by atoms with Gasteiger partial charge in [-0.25, -0.2) is 4.57 Å². The third-order valence-corrected chi connectivity index (χ3v) is 1.95. The van der Waals surface area contributed by atoms with Crippen molar-refractivity contribution in [2.45, 2.75) is 12.8 Å². The van der Waals surface area contributed by atoms with Gasteiger partial charge in [0.1, 0.15) is 5.75 Å². The first-order valence-corrected chi connectivity index (χ1v) is 4.76. The number of hydrogen-bond acceptors (Lipinski definition) is 4. The molecule has 4 nitrogen and oxygen atoms in total. The summed E-state index contributed by atoms with van der Waals surface area (Å²) < 4.78 is 14.1. The summed E-state index contributed by atoms with van der Waals surface area (Å²) in [5.41, 5.74) is 0.838. The smallest absolute Gasteiger partial charge is 0.398 e. The second-order valence-electron chi connectivity index (χ2n) is 2.71. The zero-order valence-electron chi connectivity index (χ0n) is 7.34. The van der Waals surface area contributed by atoms with Gasteiger partial charge in [-0.3, -0.25) is 4.79 Å². The summed E-state index contributed by atoms with van der Waals surface area (Å²) in [4.78, 5) is 10.8. The van der Waals surface area contributed by atoms with Crippen molar-refractivity contribution in [1.29, 1.82) is 0 Å². The number of aryl methyl sites for hydroxylation is 1. The Hall–Kier alpha value is -1.41. The van der Waals surface area contributed by atoms with E-state index >= 15 is 0 Å². The lowest BCUT2D eigenvalue weighted by Gasteiger charge is -1.99. The molecule has 0 heterocycles. The molecule has 0 radical (unpaired) electrons. The predicted molar refractivity (Wildman–Crippen MR) is 50.1 cm³/mol. The quantitative estimate of drug-likeness (QED) is 0.776. The van der Waals surface area contributed by atoms with Crippen molar-refractivity contribution in [3.63, 3.8) is 0 Å². The lowest BCUT2D eigenvalue weighted by atomic mass is 10.1. The SMILES string of the molecule is O=POC(=O)CCc1cccc(O)c1. The summed E-state index contributed by atoms with van der Waals surface area (Å²) in [6.45, 7) is 0. The monoisotopic (exact) mass is 212 g/mol. The number of phenols is 1. The summed E-state index contributed by atoms with van der Waals surface area (Å²) in [5, 5.41) is 9.11. The van der Waals surface area contributed by atoms with Gasteiger partial charge in [-0.1, -0.05) is 12.1 Å². The molecule has 1 aromatic rings. The van der Waals surface area contributed by atoms with E-state index in [1.165, 1.54) is 0 Å². The van der Waals surface area contributed by atoms with Gasteiger partial charge in [0.15, 0.2) is 0 Å². The molecule has 0 aliphatic heterocycles. The molecule has 1 aromatic carbocycles. The van der Waals surface area contributed by atoms with Crippen LogP contribution < -0.4 is 0 Å². The lowest BCUT2D eigenvalue weighted by Crippen LogP contribution is -1.98. The zero-order chi connectivity index (χ0) is 10.4. The van der Waals surface area contributed by atoms with E-state index in [-0.39, 0.29) is 12.2 Å². The summed E-state index contributed by atoms with van der Waals surface area (Å²) in [5.74, 6) is -0.358. The Bertz CT molecular complexity index is 337. The Balaban J connectivity index is 2.45. The molecule has 5 heteroatoms. The number of carbonyl (C=O) groups is 1. The largest absolute Gasteiger partial charge is 0.508 e. The molecule has 74 valence electrons. The highest BCUT2D eigenvalue weighted by atomic mass is 31.1. The van der Waals surface area contributed by atoms with E-state index in [1.807, 2.05) is 0 Å². The van der Waals surface area contributed by atoms with Crippen molar-refractivity contribution in [1.82, 2.24) is 0 Å². The van der Waals surface area contributed by atoms with E-state index in [2.05, 4.69) is 4.52 Å². The first-order valence-electron chi connectivity index (χ1n) is 4.03. The van der Waals surface area contributed by atoms with Crippen molar-refractivity contribution in [2.75, 3.05) is 0 Å². The van der Waals surface area contributed by atoms with Crippen molar-refractivity contribution >= 4 is 14.7 Å². The highest BCUT2D eigenvalue weighted by Crippen LogP contribution is 2.13. The van der Waals surface area contributed by atoms with Crippen molar-refractivity contribution < 1.29 is 19.0 Å². The van der Waals surface area contributed by atoms with Crippen molar-refractivity contribution in [2.24, 2.45) is 0 Å². The minimum absolute atomic E-state index is 0.151. The number of carbonyl (C=O) groups excluding carboxylic acids is 1. The molecule has 0 aromatic heterocycles. The molecule has 0 saturated carbocycles. The van der Waals surface area contributed by atoms with Crippen LogP contribution in [0.1, 0.15) is 12.0 Å². The van der Waals surface area contributed by atoms with E-state index in [4.69, 9.17) is 5.11 Å². The molecule has 0 unspecified atom stereocenters. The van der Waals surface area contributed by atoms with Gasteiger partial charge >= 0.3 is 14.7 Å². The minimum Gasteiger partial charge on any atom is -0.508 e. The van der Waals surface area contributed by atoms with Crippen LogP contribution in [0.25, 0.3) is 0 Å². The first kappa shape index (κ1) is 10.7. The Morgan fingerprint density at radius 3 is 2.93 bits per heavy atom. The molecule has 0 spiro atoms. The maximum atomic E-state index is 10.8. The number of phenolic OH excluding ortho intramolecular Hbond substituents is 1. The summed E-state index contributed by atoms with van der Waals surface area (Å²) in [6.07, 6.45) is 0.613. The van der Waals surface area contributed by atoms with Crippen LogP contribution in [0.2, 0.25) is 0 Å². The fourth-order valence-corrected chi connectivity index (χ4v) is 1.22. The van der Waals surface area contributed by atoms with Gasteiger partial charge < -0.3 is 9.63 Å². The number of benzene rings is 1. The number of hydrogen-bond donors (Lipinski definition) is 1. The van der Waals surface area contributed by atoms with Crippen LogP contribution >= 0.6 is 8.69 Å². The third-order valence-electron chi connectivity index (χ3n) is 1.67. The average Bonchev–Trinajstić information content (AvgIpc) is 2.15. The highest BCUT2D eigenvalue weighted by Gasteiger charge is 2.03. The van der Waals surface area contributed by atoms with Gasteiger partial charge in [-0.05, 0) is 24.1 Å². The molecule has 1 rings (SSSR count). The van der Waals surface area contributed by atoms with Crippen LogP contribution in [0.5, 0.6) is 5.75 Å². The average molecular weight is 212 g/mol. The zero-order valence-corrected chi connectivity index (χ0v) is 8.24. The second-order valence-corrected chi connectivity index (χ2v) is 3.04. The van der Waals surface area contributed by atoms with Crippen LogP contribution in [0.4, 0.5) is 0 Å². The first-order chi connectivity index (χ1) is 6.72. The van der Waals surface area contributed by atoms with Crippen LogP contribution in [0.15, 0.2) is 24.3 Å². The molecule has 14 heavy (non-hydrogen) atoms. The van der Waals surface area contributed by atoms with Gasteiger partial charge in [-0.2, -0.15) is 0 Å². The van der Waals surface area contributed by atoms with Gasteiger partial charge in [-0.15, -0.1) is 0 Å². The molecule has 0 bridgehead atoms. The standard InChI is InChI=1S/C9H9O4P/c10-8-3-1-2-7(6-8)4-5-9(11)13-14-12/h1-3,6,10H,4-5H2. The van der Waals surface area contributed by atoms with Crippen LogP contribution in [0, 0.1) is 0 Å². The molecular formula is C9H9O4P. The number of aromatic hydroxyl groups is 1. The second kappa shape index (κ2) is 5.35. The summed E-state index contributed by atoms with van der Waals surface area (Å²) >= 11 is 0. The Kier molecular flexibility index (Phi) is 4.08. The molecule has 0 fully saturated rings. The third kappa shape index (κ3) is 3.54. The topological polar surface area (TPSA) is 63.6 Å². The maximum Gasteiger partial charge on any atom is 0.398 e. The molecule has 0 atom stereocenters. The lowest BCUT2D eigenvalue weighted by molar-refractivity contribution is -0.133. The molecule has 0 aliphatic rings. The Labute approximate surface area is 82.8 Å². The fourth-order valence-electron chi connectivity index (χ4n) is 1.05. The van der Waals surface area contributed by atoms with Crippen LogP contribution in [-0.2, 0) is 20.3 Å². The van der Waals surface area contributed by atoms with Gasteiger partial charge in [0.25, 0.3) is 0 Å². The van der Waals surface area contributed by atoms with E-state index in [9.17, 15) is 9.36 Å². The molecule has 1 N–H and O–H groups in total. The van der Waals surface area contributed by atoms with Crippen molar-refractivity contribution in [3.05, 3.63) is 29.8 Å². The Morgan fingerprint density at radius 1 is 1.50 bits per heavy atom. The van der Waals surface area contributed by atoms with Crippen LogP contribution in [0.3, 0.4) is 0 Å². The minimum atomic E-state index is -0.623. The van der Waals surface area contributed by atoms with E-state index < -0.39 is 14.7 Å². The summed E-state index contributed by atoms with van der Waals surface area (Å²) in [7, 11) is -0.623. The molecule has 0 amide bonds. The molecule has 0 saturated heterocycles. The highest BCUT2D eigenvalue weighted by molar-refractivity contribution is 7.18. The van der Waals surface area contributed by atoms with Crippen LogP contribution in [-0.4, -0.2) is 11.1 Å². The van der Waals surface area contributed by atoms with E-state index in [1.54, 1.807) is 24.3 Å². The summed E-state index contributed by atoms with van der Waals surface area (Å²) in [6, 6.07) is 6.62. The van der Waals surface area contributed by atoms with E-state index in [0.717, 1.165) is 5.56 Å². The molecule has 0 aliphatic carbocycles. The van der Waals surface area contributed by atoms with Crippen molar-refractivity contribution in [3.8, 4) is 5.75 Å². The number of rotatable bonds is 4. The maximum absolute atomic E-state index is 10.8. The van der Waals surface area contributed by atoms with Gasteiger partial charge in [0.2, 0.25) is 0 Å². The normalized spacial score (nSPS) is 10.0. The Morgan fingerprint density at radius 2 is 2.29 bits per heavy atom. The van der Waals surface area contributed by atoms with Gasteiger partial charge in [0, 0.05) is 0 Å².